The number of likely N-dealkylation sites (N-methyl/N-ethyl adjacent to an activating group) is 4. The molecule has 13 nitrogen and oxygen atoms in total. The van der Waals surface area contributed by atoms with E-state index in [1.807, 2.05) is 58.9 Å². The van der Waals surface area contributed by atoms with Crippen LogP contribution in [0.2, 0.25) is 0 Å². The van der Waals surface area contributed by atoms with E-state index in [4.69, 9.17) is 4.74 Å². The molecule has 1 fully saturated rings. The van der Waals surface area contributed by atoms with Crippen LogP contribution in [0.4, 0.5) is 0 Å². The van der Waals surface area contributed by atoms with Gasteiger partial charge in [0, 0.05) is 27.2 Å². The summed E-state index contributed by atoms with van der Waals surface area (Å²) in [4.78, 5) is 87.8. The fraction of sp³-hybridized carbons (Fsp3) is 0.707. The van der Waals surface area contributed by atoms with Crippen molar-refractivity contribution in [1.82, 2.24) is 30.2 Å². The molecule has 1 aliphatic rings. The molecule has 2 N–H and O–H groups in total. The van der Waals surface area contributed by atoms with Crippen LogP contribution in [0.3, 0.4) is 0 Å². The number of carbonyl (C=O) groups is 6. The third-order valence-corrected chi connectivity index (χ3v) is 10.3. The highest BCUT2D eigenvalue weighted by molar-refractivity contribution is 5.97. The zero-order valence-corrected chi connectivity index (χ0v) is 35.2. The van der Waals surface area contributed by atoms with Gasteiger partial charge in [-0.25, -0.2) is 0 Å². The summed E-state index contributed by atoms with van der Waals surface area (Å²) in [6, 6.07) is 4.05. The van der Waals surface area contributed by atoms with Crippen molar-refractivity contribution in [2.45, 2.75) is 137 Å². The summed E-state index contributed by atoms with van der Waals surface area (Å²) >= 11 is 0. The second kappa shape index (κ2) is 20.6. The van der Waals surface area contributed by atoms with E-state index in [0.29, 0.717) is 38.6 Å². The van der Waals surface area contributed by atoms with Crippen LogP contribution in [0, 0.1) is 18.8 Å². The summed E-state index contributed by atoms with van der Waals surface area (Å²) in [5.41, 5.74) is 1.39. The third kappa shape index (κ3) is 12.8. The Morgan fingerprint density at radius 3 is 2.06 bits per heavy atom. The highest BCUT2D eigenvalue weighted by Gasteiger charge is 2.45. The lowest BCUT2D eigenvalue weighted by Gasteiger charge is -2.45. The Kier molecular flexibility index (Phi) is 17.6. The van der Waals surface area contributed by atoms with Crippen molar-refractivity contribution in [2.75, 3.05) is 40.8 Å². The van der Waals surface area contributed by atoms with Crippen LogP contribution in [-0.2, 0) is 39.9 Å². The van der Waals surface area contributed by atoms with E-state index in [1.54, 1.807) is 48.7 Å². The number of rotatable bonds is 19. The van der Waals surface area contributed by atoms with E-state index >= 15 is 0 Å². The molecule has 0 saturated carbocycles. The van der Waals surface area contributed by atoms with Gasteiger partial charge < -0.3 is 35.0 Å². The van der Waals surface area contributed by atoms with Crippen LogP contribution in [0.1, 0.15) is 99.1 Å². The van der Waals surface area contributed by atoms with Gasteiger partial charge in [-0.15, -0.1) is 0 Å². The maximum Gasteiger partial charge on any atom is 0.326 e. The lowest BCUT2D eigenvalue weighted by Crippen LogP contribution is -2.65. The van der Waals surface area contributed by atoms with Gasteiger partial charge in [-0.1, -0.05) is 63.9 Å². The molecule has 2 rings (SSSR count). The molecule has 0 radical (unpaired) electrons. The molecule has 1 heterocycles. The monoisotopic (exact) mass is 757 g/mol. The van der Waals surface area contributed by atoms with Gasteiger partial charge in [0.2, 0.25) is 29.5 Å². The number of esters is 1. The van der Waals surface area contributed by atoms with Gasteiger partial charge in [-0.05, 0) is 91.7 Å². The van der Waals surface area contributed by atoms with Crippen molar-refractivity contribution >= 4 is 35.5 Å². The van der Waals surface area contributed by atoms with Crippen LogP contribution in [0.5, 0.6) is 0 Å². The molecular weight excluding hydrogens is 688 g/mol. The molecule has 54 heavy (non-hydrogen) atoms. The van der Waals surface area contributed by atoms with Gasteiger partial charge in [-0.2, -0.15) is 0 Å². The zero-order valence-electron chi connectivity index (χ0n) is 35.2. The summed E-state index contributed by atoms with van der Waals surface area (Å²) in [5.74, 6) is -2.28. The number of aryl methyl sites for hydroxylation is 2. The molecule has 6 atom stereocenters. The fourth-order valence-electron chi connectivity index (χ4n) is 6.58. The van der Waals surface area contributed by atoms with Gasteiger partial charge in [0.25, 0.3) is 0 Å². The van der Waals surface area contributed by atoms with Gasteiger partial charge >= 0.3 is 5.97 Å². The fourth-order valence-corrected chi connectivity index (χ4v) is 6.58. The molecule has 1 aromatic rings. The second-order valence-electron chi connectivity index (χ2n) is 16.2. The van der Waals surface area contributed by atoms with E-state index in [2.05, 4.69) is 10.6 Å². The number of hydrogen-bond acceptors (Lipinski definition) is 8. The van der Waals surface area contributed by atoms with Crippen LogP contribution in [0.15, 0.2) is 24.3 Å². The van der Waals surface area contributed by atoms with E-state index in [-0.39, 0.29) is 42.6 Å². The lowest BCUT2D eigenvalue weighted by molar-refractivity contribution is -0.162. The van der Waals surface area contributed by atoms with Crippen LogP contribution >= 0.6 is 0 Å². The molecule has 0 spiro atoms. The normalized spacial score (nSPS) is 17.0. The first kappa shape index (κ1) is 46.2. The predicted octanol–water partition coefficient (Wildman–Crippen LogP) is 3.56. The molecule has 5 amide bonds. The van der Waals surface area contributed by atoms with Crippen LogP contribution in [-0.4, -0.2) is 132 Å². The Balaban J connectivity index is 2.30. The molecule has 0 bridgehead atoms. The number of likely N-dealkylation sites (tertiary alicyclic amines) is 1. The first-order chi connectivity index (χ1) is 25.2. The van der Waals surface area contributed by atoms with Gasteiger partial charge in [0.05, 0.1) is 6.04 Å². The molecule has 0 aromatic heterocycles. The highest BCUT2D eigenvalue weighted by Crippen LogP contribution is 2.25. The topological polar surface area (TPSA) is 149 Å². The summed E-state index contributed by atoms with van der Waals surface area (Å²) < 4.78 is 5.45. The quantitative estimate of drug-likeness (QED) is 0.204. The Hall–Kier alpha value is -4.00. The number of ether oxygens (including phenoxy) is 1. The van der Waals surface area contributed by atoms with Crippen molar-refractivity contribution in [3.63, 3.8) is 0 Å². The molecule has 1 saturated heterocycles. The first-order valence-corrected chi connectivity index (χ1v) is 19.5. The first-order valence-electron chi connectivity index (χ1n) is 19.5. The number of carbonyl (C=O) groups excluding carboxylic acids is 6. The molecule has 13 heteroatoms. The largest absolute Gasteiger partial charge is 0.459 e. The van der Waals surface area contributed by atoms with E-state index in [9.17, 15) is 28.8 Å². The lowest BCUT2D eigenvalue weighted by atomic mass is 9.95. The van der Waals surface area contributed by atoms with Crippen LogP contribution < -0.4 is 10.6 Å². The Morgan fingerprint density at radius 2 is 1.57 bits per heavy atom. The third-order valence-electron chi connectivity index (χ3n) is 10.3. The van der Waals surface area contributed by atoms with Crippen molar-refractivity contribution in [2.24, 2.45) is 11.8 Å². The number of amides is 5. The van der Waals surface area contributed by atoms with Crippen molar-refractivity contribution in [1.29, 1.82) is 0 Å². The van der Waals surface area contributed by atoms with Gasteiger partial charge in [0.15, 0.2) is 0 Å². The van der Waals surface area contributed by atoms with E-state index < -0.39 is 53.6 Å². The summed E-state index contributed by atoms with van der Waals surface area (Å²) in [7, 11) is 4.79. The zero-order chi connectivity index (χ0) is 41.1. The summed E-state index contributed by atoms with van der Waals surface area (Å²) in [5, 5.41) is 5.98. The van der Waals surface area contributed by atoms with Gasteiger partial charge in [-0.3, -0.25) is 28.8 Å². The number of nitrogens with zero attached hydrogens (tertiary/aromatic N) is 4. The van der Waals surface area contributed by atoms with Crippen LogP contribution in [0.25, 0.3) is 0 Å². The molecule has 1 aromatic carbocycles. The summed E-state index contributed by atoms with van der Waals surface area (Å²) in [6.45, 7) is 18.8. The van der Waals surface area contributed by atoms with Crippen molar-refractivity contribution in [3.05, 3.63) is 35.4 Å². The number of benzene rings is 1. The van der Waals surface area contributed by atoms with Crippen molar-refractivity contribution in [3.8, 4) is 0 Å². The smallest absolute Gasteiger partial charge is 0.326 e. The Bertz CT molecular complexity index is 1440. The van der Waals surface area contributed by atoms with E-state index in [1.165, 1.54) is 26.6 Å². The molecular formula is C41H68N6O7. The highest BCUT2D eigenvalue weighted by atomic mass is 16.6. The Morgan fingerprint density at radius 1 is 0.963 bits per heavy atom. The number of hydrogen-bond donors (Lipinski definition) is 2. The predicted molar refractivity (Wildman–Crippen MR) is 210 cm³/mol. The SMILES string of the molecule is CC[C@H](C)[C@H](NC(=O)[C@H](CC(C)C)NC)C(=O)N(C)[C@@H](C)C(=O)N1CC[C@H]1C(=O)N(CC)[C@@H](CCc1ccc(C)cc1)C(=O)N(C)CC(=O)OC(C)(C)C. The molecule has 0 aliphatic carbocycles. The Labute approximate surface area is 323 Å². The standard InChI is InChI=1S/C41H68N6O7/c1-14-28(6)35(43-36(49)31(42-11)24-26(3)4)40(53)45(13)29(7)37(50)47-23-22-33(47)39(52)46(15-2)32(21-20-30-18-16-27(5)17-19-30)38(51)44(12)25-34(48)54-41(8,9)10/h16-19,26,28-29,31-33,35,42H,14-15,20-25H2,1-13H3,(H,43,49)/t28-,29-,31-,32-,33-,35-/m0/s1. The molecule has 1 aliphatic heterocycles. The summed E-state index contributed by atoms with van der Waals surface area (Å²) in [6.07, 6.45) is 2.46. The molecule has 0 unspecified atom stereocenters. The maximum absolute atomic E-state index is 14.3. The second-order valence-corrected chi connectivity index (χ2v) is 16.2. The average Bonchev–Trinajstić information content (AvgIpc) is 3.08. The van der Waals surface area contributed by atoms with E-state index in [0.717, 1.165) is 11.1 Å². The molecule has 304 valence electrons. The minimum absolute atomic E-state index is 0.193. The van der Waals surface area contributed by atoms with Crippen molar-refractivity contribution < 1.29 is 33.5 Å². The van der Waals surface area contributed by atoms with Gasteiger partial charge in [0.1, 0.15) is 36.3 Å². The minimum Gasteiger partial charge on any atom is -0.459 e. The number of nitrogens with one attached hydrogen (secondary N) is 2. The minimum atomic E-state index is -0.915. The maximum atomic E-state index is 14.3. The average molecular weight is 757 g/mol.